The molecular weight excluding hydrogens is 667 g/mol. The first-order valence-corrected chi connectivity index (χ1v) is 19.4. The summed E-state index contributed by atoms with van der Waals surface area (Å²) in [5.41, 5.74) is 4.05. The molecule has 0 bridgehead atoms. The van der Waals surface area contributed by atoms with Crippen LogP contribution < -0.4 is 14.7 Å². The molecule has 9 nitrogen and oxygen atoms in total. The van der Waals surface area contributed by atoms with Crippen molar-refractivity contribution in [2.24, 2.45) is 17.8 Å². The molecule has 0 aliphatic carbocycles. The first-order chi connectivity index (χ1) is 26.4. The molecule has 6 aromatic heterocycles. The van der Waals surface area contributed by atoms with Crippen LogP contribution in [0, 0.1) is 17.8 Å². The number of anilines is 6. The van der Waals surface area contributed by atoms with Crippen molar-refractivity contribution < 1.29 is 0 Å². The van der Waals surface area contributed by atoms with Gasteiger partial charge in [-0.1, -0.05) is 72.9 Å². The average Bonchev–Trinajstić information content (AvgIpc) is 3.24. The Labute approximate surface area is 321 Å². The minimum Gasteiger partial charge on any atom is -0.311 e. The normalized spacial score (nSPS) is 12.9. The molecule has 0 N–H and O–H groups in total. The lowest BCUT2D eigenvalue weighted by Crippen LogP contribution is -2.25. The van der Waals surface area contributed by atoms with E-state index >= 15 is 0 Å². The fraction of sp³-hybridized carbons (Fsp3) is 0.333. The van der Waals surface area contributed by atoms with Gasteiger partial charge in [-0.25, -0.2) is 29.9 Å². The predicted octanol–water partition coefficient (Wildman–Crippen LogP) is 10.9. The van der Waals surface area contributed by atoms with E-state index in [0.29, 0.717) is 17.8 Å². The molecule has 0 radical (unpaired) electrons. The molecule has 3 atom stereocenters. The van der Waals surface area contributed by atoms with Gasteiger partial charge < -0.3 is 14.7 Å². The molecule has 6 rings (SSSR count). The monoisotopic (exact) mass is 719 g/mol. The second kappa shape index (κ2) is 18.4. The third-order valence-electron chi connectivity index (χ3n) is 10.2. The van der Waals surface area contributed by atoms with E-state index in [2.05, 4.69) is 115 Å². The van der Waals surface area contributed by atoms with Gasteiger partial charge in [-0.05, 0) is 90.6 Å². The maximum absolute atomic E-state index is 4.95. The van der Waals surface area contributed by atoms with Crippen molar-refractivity contribution in [3.05, 3.63) is 122 Å². The van der Waals surface area contributed by atoms with Crippen molar-refractivity contribution in [2.75, 3.05) is 34.3 Å². The van der Waals surface area contributed by atoms with Gasteiger partial charge in [0.25, 0.3) is 0 Å². The summed E-state index contributed by atoms with van der Waals surface area (Å²) in [7, 11) is 0. The Bertz CT molecular complexity index is 1840. The van der Waals surface area contributed by atoms with Crippen molar-refractivity contribution in [3.63, 3.8) is 0 Å². The maximum atomic E-state index is 4.95. The van der Waals surface area contributed by atoms with Crippen molar-refractivity contribution in [3.8, 4) is 22.3 Å². The Balaban J connectivity index is 1.20. The Kier molecular flexibility index (Phi) is 12.9. The van der Waals surface area contributed by atoms with Crippen molar-refractivity contribution in [2.45, 2.75) is 60.8 Å². The quantitative estimate of drug-likeness (QED) is 0.0914. The van der Waals surface area contributed by atoms with Crippen LogP contribution in [0.5, 0.6) is 0 Å². The largest absolute Gasteiger partial charge is 0.311 e. The van der Waals surface area contributed by atoms with E-state index in [1.807, 2.05) is 73.6 Å². The van der Waals surface area contributed by atoms with Crippen LogP contribution in [0.15, 0.2) is 122 Å². The second-order valence-electron chi connectivity index (χ2n) is 14.4. The molecule has 0 saturated heterocycles. The summed E-state index contributed by atoms with van der Waals surface area (Å²) in [5, 5.41) is 0. The summed E-state index contributed by atoms with van der Waals surface area (Å²) < 4.78 is 0. The molecule has 6 heterocycles. The molecular formula is C45H53N9. The van der Waals surface area contributed by atoms with E-state index in [-0.39, 0.29) is 0 Å². The van der Waals surface area contributed by atoms with Crippen LogP contribution in [0.1, 0.15) is 60.8 Å². The Morgan fingerprint density at radius 1 is 0.370 bits per heavy atom. The standard InChI is InChI=1S/C45H53N9/c1-7-33(4)30-52(40-14-10-12-24-46-40)42-20-16-36(26-48-42)38-18-22-44(50-28-38)54(32-35(6)9-3)45-23-19-39(29-51-45)37-17-21-43(49-27-37)53(31-34(5)8-2)41-15-11-13-25-47-41/h10-29,33-35H,7-9,30-32H2,1-6H3/t33-,34-,35-/m0/s1. The maximum Gasteiger partial charge on any atom is 0.134 e. The van der Waals surface area contributed by atoms with Crippen LogP contribution in [0.25, 0.3) is 22.3 Å². The zero-order valence-electron chi connectivity index (χ0n) is 32.5. The number of rotatable bonds is 17. The highest BCUT2D eigenvalue weighted by atomic mass is 15.2. The summed E-state index contributed by atoms with van der Waals surface area (Å²) in [4.78, 5) is 35.5. The Hall–Kier alpha value is -5.70. The zero-order valence-corrected chi connectivity index (χ0v) is 32.5. The van der Waals surface area contributed by atoms with E-state index in [1.165, 1.54) is 0 Å². The van der Waals surface area contributed by atoms with Crippen LogP contribution in [-0.4, -0.2) is 49.5 Å². The third kappa shape index (κ3) is 9.44. The molecule has 54 heavy (non-hydrogen) atoms. The number of pyridine rings is 6. The molecule has 0 amide bonds. The molecule has 0 aromatic carbocycles. The molecule has 0 aliphatic rings. The van der Waals surface area contributed by atoms with Crippen molar-refractivity contribution in [1.82, 2.24) is 29.9 Å². The molecule has 0 aliphatic heterocycles. The lowest BCUT2D eigenvalue weighted by atomic mass is 10.1. The van der Waals surface area contributed by atoms with Crippen molar-refractivity contribution in [1.29, 1.82) is 0 Å². The van der Waals surface area contributed by atoms with Gasteiger partial charge in [0.05, 0.1) is 0 Å². The van der Waals surface area contributed by atoms with Crippen LogP contribution >= 0.6 is 0 Å². The van der Waals surface area contributed by atoms with Gasteiger partial charge in [-0.15, -0.1) is 0 Å². The minimum absolute atomic E-state index is 0.455. The Morgan fingerprint density at radius 3 is 0.852 bits per heavy atom. The highest BCUT2D eigenvalue weighted by Crippen LogP contribution is 2.31. The number of aromatic nitrogens is 6. The van der Waals surface area contributed by atoms with Crippen molar-refractivity contribution >= 4 is 34.9 Å². The zero-order chi connectivity index (χ0) is 37.9. The number of hydrogen-bond donors (Lipinski definition) is 0. The van der Waals surface area contributed by atoms with Crippen LogP contribution in [-0.2, 0) is 0 Å². The van der Waals surface area contributed by atoms with Crippen LogP contribution in [0.2, 0.25) is 0 Å². The molecule has 0 saturated carbocycles. The molecule has 6 aromatic rings. The van der Waals surface area contributed by atoms with E-state index in [4.69, 9.17) is 19.9 Å². The summed E-state index contributed by atoms with van der Waals surface area (Å²) in [6.45, 7) is 15.9. The SMILES string of the molecule is CC[C@H](C)CN(c1ccccn1)c1ccc(-c2ccc(N(C[C@@H](C)CC)c3ccc(-c4ccc(N(C[C@@H](C)CC)c5ccccn5)nc4)cn3)nc2)cn1. The fourth-order valence-corrected chi connectivity index (χ4v) is 6.13. The summed E-state index contributed by atoms with van der Waals surface area (Å²) in [6.07, 6.45) is 14.6. The van der Waals surface area contributed by atoms with Crippen LogP contribution in [0.4, 0.5) is 34.9 Å². The number of hydrogen-bond acceptors (Lipinski definition) is 9. The smallest absolute Gasteiger partial charge is 0.134 e. The van der Waals surface area contributed by atoms with Gasteiger partial charge in [0, 0.05) is 79.1 Å². The minimum atomic E-state index is 0.455. The van der Waals surface area contributed by atoms with Gasteiger partial charge in [-0.3, -0.25) is 0 Å². The van der Waals surface area contributed by atoms with Gasteiger partial charge in [0.2, 0.25) is 0 Å². The van der Waals surface area contributed by atoms with E-state index in [0.717, 1.165) is 96.1 Å². The van der Waals surface area contributed by atoms with E-state index < -0.39 is 0 Å². The van der Waals surface area contributed by atoms with Crippen LogP contribution in [0.3, 0.4) is 0 Å². The van der Waals surface area contributed by atoms with Gasteiger partial charge in [0.1, 0.15) is 34.9 Å². The predicted molar refractivity (Wildman–Crippen MR) is 223 cm³/mol. The number of nitrogens with zero attached hydrogens (tertiary/aromatic N) is 9. The van der Waals surface area contributed by atoms with Gasteiger partial charge in [-0.2, -0.15) is 0 Å². The summed E-state index contributed by atoms with van der Waals surface area (Å²) in [6, 6.07) is 28.8. The highest BCUT2D eigenvalue weighted by Gasteiger charge is 2.19. The molecule has 0 unspecified atom stereocenters. The lowest BCUT2D eigenvalue weighted by Gasteiger charge is -2.26. The lowest BCUT2D eigenvalue weighted by molar-refractivity contribution is 0.564. The molecule has 278 valence electrons. The summed E-state index contributed by atoms with van der Waals surface area (Å²) >= 11 is 0. The van der Waals surface area contributed by atoms with E-state index in [9.17, 15) is 0 Å². The Morgan fingerprint density at radius 2 is 0.648 bits per heavy atom. The molecule has 0 spiro atoms. The molecule has 0 fully saturated rings. The first-order valence-electron chi connectivity index (χ1n) is 19.4. The second-order valence-corrected chi connectivity index (χ2v) is 14.4. The highest BCUT2D eigenvalue weighted by molar-refractivity contribution is 5.69. The molecule has 9 heteroatoms. The van der Waals surface area contributed by atoms with Gasteiger partial charge >= 0.3 is 0 Å². The third-order valence-corrected chi connectivity index (χ3v) is 10.2. The van der Waals surface area contributed by atoms with E-state index in [1.54, 1.807) is 0 Å². The van der Waals surface area contributed by atoms with Gasteiger partial charge in [0.15, 0.2) is 0 Å². The fourth-order valence-electron chi connectivity index (χ4n) is 6.13. The average molecular weight is 720 g/mol. The summed E-state index contributed by atoms with van der Waals surface area (Å²) in [5.74, 6) is 6.77. The topological polar surface area (TPSA) is 87.1 Å². The first kappa shape index (κ1) is 38.0.